The number of benzene rings is 2. The first-order valence-corrected chi connectivity index (χ1v) is 10.3. The quantitative estimate of drug-likeness (QED) is 0.335. The van der Waals surface area contributed by atoms with E-state index >= 15 is 0 Å². The summed E-state index contributed by atoms with van der Waals surface area (Å²) in [6, 6.07) is 15.5. The van der Waals surface area contributed by atoms with Crippen molar-refractivity contribution in [2.24, 2.45) is 0 Å². The van der Waals surface area contributed by atoms with Gasteiger partial charge in [-0.3, -0.25) is 4.79 Å². The van der Waals surface area contributed by atoms with Gasteiger partial charge in [0, 0.05) is 17.2 Å². The van der Waals surface area contributed by atoms with E-state index in [1.807, 2.05) is 0 Å². The monoisotopic (exact) mass is 474 g/mol. The van der Waals surface area contributed by atoms with E-state index in [-0.39, 0.29) is 12.2 Å². The molecule has 2 aromatic heterocycles. The SMILES string of the molecule is CC(C(=O)NCc1cc(C(F)(F)F)nn1-c1cccc(Cl)c1)c1cccc2c1ccc[n+]2[O-]. The Morgan fingerprint density at radius 2 is 1.94 bits per heavy atom. The molecule has 0 fully saturated rings. The van der Waals surface area contributed by atoms with Gasteiger partial charge in [-0.25, -0.2) is 4.68 Å². The van der Waals surface area contributed by atoms with Crippen LogP contribution in [0.15, 0.2) is 66.9 Å². The van der Waals surface area contributed by atoms with Crippen LogP contribution in [0.5, 0.6) is 0 Å². The van der Waals surface area contributed by atoms with Crippen molar-refractivity contribution in [2.75, 3.05) is 0 Å². The van der Waals surface area contributed by atoms with Gasteiger partial charge in [-0.05, 0) is 42.8 Å². The van der Waals surface area contributed by atoms with Gasteiger partial charge in [0.2, 0.25) is 11.4 Å². The molecule has 1 atom stereocenters. The van der Waals surface area contributed by atoms with E-state index in [1.54, 1.807) is 55.5 Å². The van der Waals surface area contributed by atoms with E-state index in [9.17, 15) is 23.2 Å². The smallest absolute Gasteiger partial charge is 0.435 e. The summed E-state index contributed by atoms with van der Waals surface area (Å²) in [5.74, 6) is -1.06. The number of hydrogen-bond acceptors (Lipinski definition) is 3. The van der Waals surface area contributed by atoms with Crippen molar-refractivity contribution in [1.29, 1.82) is 0 Å². The van der Waals surface area contributed by atoms with Crippen LogP contribution in [-0.4, -0.2) is 15.7 Å². The van der Waals surface area contributed by atoms with Crippen LogP contribution in [0.25, 0.3) is 16.6 Å². The van der Waals surface area contributed by atoms with Gasteiger partial charge in [0.1, 0.15) is 0 Å². The average Bonchev–Trinajstić information content (AvgIpc) is 3.22. The van der Waals surface area contributed by atoms with Crippen molar-refractivity contribution in [3.8, 4) is 5.69 Å². The lowest BCUT2D eigenvalue weighted by molar-refractivity contribution is -0.577. The fourth-order valence-electron chi connectivity index (χ4n) is 3.61. The van der Waals surface area contributed by atoms with Crippen molar-refractivity contribution < 1.29 is 22.7 Å². The molecule has 10 heteroatoms. The second kappa shape index (κ2) is 8.74. The molecule has 6 nitrogen and oxygen atoms in total. The normalized spacial score (nSPS) is 12.6. The summed E-state index contributed by atoms with van der Waals surface area (Å²) in [6.07, 6.45) is -3.28. The maximum Gasteiger partial charge on any atom is 0.435 e. The summed E-state index contributed by atoms with van der Waals surface area (Å²) in [5, 5.41) is 19.3. The Balaban J connectivity index is 1.61. The second-order valence-corrected chi connectivity index (χ2v) is 7.90. The third-order valence-electron chi connectivity index (χ3n) is 5.27. The number of rotatable bonds is 5. The number of nitrogens with one attached hydrogen (secondary N) is 1. The van der Waals surface area contributed by atoms with Crippen molar-refractivity contribution in [3.05, 3.63) is 94.0 Å². The van der Waals surface area contributed by atoms with Gasteiger partial charge in [0.15, 0.2) is 11.9 Å². The molecule has 2 aromatic carbocycles. The molecular weight excluding hydrogens is 457 g/mol. The number of fused-ring (bicyclic) bond motifs is 1. The lowest BCUT2D eigenvalue weighted by Crippen LogP contribution is -2.29. The van der Waals surface area contributed by atoms with Crippen molar-refractivity contribution in [1.82, 2.24) is 15.1 Å². The highest BCUT2D eigenvalue weighted by Gasteiger charge is 2.35. The van der Waals surface area contributed by atoms with Crippen molar-refractivity contribution in [3.63, 3.8) is 0 Å². The number of carbonyl (C=O) groups excluding carboxylic acids is 1. The number of alkyl halides is 3. The molecule has 0 aliphatic carbocycles. The maximum absolute atomic E-state index is 13.3. The highest BCUT2D eigenvalue weighted by Crippen LogP contribution is 2.30. The Labute approximate surface area is 191 Å². The summed E-state index contributed by atoms with van der Waals surface area (Å²) >= 11 is 5.98. The minimum Gasteiger partial charge on any atom is -0.618 e. The molecule has 33 heavy (non-hydrogen) atoms. The van der Waals surface area contributed by atoms with Gasteiger partial charge in [0.25, 0.3) is 0 Å². The standard InChI is InChI=1S/C23H18ClF3N4O2/c1-14(18-7-3-9-20-19(18)8-4-10-30(20)33)22(32)28-13-17-12-21(23(25,26)27)29-31(17)16-6-2-5-15(24)11-16/h2-12,14H,13H2,1H3,(H,28,32). The number of aromatic nitrogens is 3. The number of amides is 1. The van der Waals surface area contributed by atoms with E-state index in [2.05, 4.69) is 10.4 Å². The zero-order chi connectivity index (χ0) is 23.8. The highest BCUT2D eigenvalue weighted by atomic mass is 35.5. The third kappa shape index (κ3) is 4.63. The van der Waals surface area contributed by atoms with Crippen LogP contribution < -0.4 is 10.0 Å². The summed E-state index contributed by atoms with van der Waals surface area (Å²) in [5.41, 5.74) is 0.455. The summed E-state index contributed by atoms with van der Waals surface area (Å²) < 4.78 is 41.7. The molecular formula is C23H18ClF3N4O2. The number of carbonyl (C=O) groups is 1. The number of halogens is 4. The maximum atomic E-state index is 13.3. The second-order valence-electron chi connectivity index (χ2n) is 7.46. The fraction of sp³-hybridized carbons (Fsp3) is 0.174. The first-order chi connectivity index (χ1) is 15.6. The minimum absolute atomic E-state index is 0.139. The van der Waals surface area contributed by atoms with Crippen LogP contribution in [0, 0.1) is 5.21 Å². The Hall–Kier alpha value is -3.59. The molecule has 0 bridgehead atoms. The van der Waals surface area contributed by atoms with Crippen LogP contribution in [0.3, 0.4) is 0 Å². The molecule has 4 rings (SSSR count). The number of pyridine rings is 1. The number of nitrogens with zero attached hydrogens (tertiary/aromatic N) is 3. The predicted molar refractivity (Wildman–Crippen MR) is 117 cm³/mol. The van der Waals surface area contributed by atoms with Crippen LogP contribution in [0.2, 0.25) is 5.02 Å². The summed E-state index contributed by atoms with van der Waals surface area (Å²) in [6.45, 7) is 1.48. The minimum atomic E-state index is -4.65. The van der Waals surface area contributed by atoms with E-state index in [1.165, 1.54) is 12.3 Å². The molecule has 0 aliphatic heterocycles. The molecule has 1 N–H and O–H groups in total. The highest BCUT2D eigenvalue weighted by molar-refractivity contribution is 6.30. The van der Waals surface area contributed by atoms with E-state index in [0.29, 0.717) is 31.9 Å². The number of hydrogen-bond donors (Lipinski definition) is 1. The van der Waals surface area contributed by atoms with Gasteiger partial charge >= 0.3 is 6.18 Å². The molecule has 4 aromatic rings. The molecule has 2 heterocycles. The van der Waals surface area contributed by atoms with E-state index in [0.717, 1.165) is 10.7 Å². The van der Waals surface area contributed by atoms with E-state index in [4.69, 9.17) is 11.6 Å². The average molecular weight is 475 g/mol. The topological polar surface area (TPSA) is 73.9 Å². The third-order valence-corrected chi connectivity index (χ3v) is 5.50. The Bertz CT molecular complexity index is 1340. The Morgan fingerprint density at radius 3 is 2.67 bits per heavy atom. The lowest BCUT2D eigenvalue weighted by atomic mass is 9.96. The van der Waals surface area contributed by atoms with Gasteiger partial charge in [-0.2, -0.15) is 23.0 Å². The van der Waals surface area contributed by atoms with Crippen molar-refractivity contribution >= 4 is 28.4 Å². The van der Waals surface area contributed by atoms with Crippen molar-refractivity contribution in [2.45, 2.75) is 25.6 Å². The fourth-order valence-corrected chi connectivity index (χ4v) is 3.79. The molecule has 0 saturated heterocycles. The molecule has 0 radical (unpaired) electrons. The Morgan fingerprint density at radius 1 is 1.18 bits per heavy atom. The first kappa shape index (κ1) is 22.6. The Kier molecular flexibility index (Phi) is 5.99. The zero-order valence-corrected chi connectivity index (χ0v) is 18.1. The van der Waals surface area contributed by atoms with Gasteiger partial charge in [-0.15, -0.1) is 0 Å². The van der Waals surface area contributed by atoms with Crippen LogP contribution in [0.4, 0.5) is 13.2 Å². The zero-order valence-electron chi connectivity index (χ0n) is 17.3. The molecule has 0 aliphatic rings. The first-order valence-electron chi connectivity index (χ1n) is 9.96. The largest absolute Gasteiger partial charge is 0.618 e. The molecule has 170 valence electrons. The molecule has 1 unspecified atom stereocenters. The molecule has 0 spiro atoms. The molecule has 1 amide bonds. The predicted octanol–water partition coefficient (Wildman–Crippen LogP) is 4.75. The molecule has 0 saturated carbocycles. The van der Waals surface area contributed by atoms with E-state index < -0.39 is 23.7 Å². The lowest BCUT2D eigenvalue weighted by Gasteiger charge is -2.15. The van der Waals surface area contributed by atoms with Crippen LogP contribution in [0.1, 0.15) is 29.8 Å². The van der Waals surface area contributed by atoms with Gasteiger partial charge in [-0.1, -0.05) is 29.8 Å². The van der Waals surface area contributed by atoms with Crippen LogP contribution in [-0.2, 0) is 17.5 Å². The van der Waals surface area contributed by atoms with Gasteiger partial charge < -0.3 is 10.5 Å². The van der Waals surface area contributed by atoms with Gasteiger partial charge in [0.05, 0.1) is 29.2 Å². The summed E-state index contributed by atoms with van der Waals surface area (Å²) in [4.78, 5) is 12.9. The summed E-state index contributed by atoms with van der Waals surface area (Å²) in [7, 11) is 0. The van der Waals surface area contributed by atoms with Crippen LogP contribution >= 0.6 is 11.6 Å².